The number of halogens is 2. The summed E-state index contributed by atoms with van der Waals surface area (Å²) in [6.45, 7) is 13.6. The van der Waals surface area contributed by atoms with Crippen LogP contribution in [0.3, 0.4) is 0 Å². The molecule has 0 bridgehead atoms. The van der Waals surface area contributed by atoms with Crippen LogP contribution in [0.1, 0.15) is 81.9 Å². The molecule has 6 rings (SSSR count). The number of amides is 2. The first-order valence-corrected chi connectivity index (χ1v) is 23.1. The Morgan fingerprint density at radius 2 is 1.18 bits per heavy atom. The second-order valence-corrected chi connectivity index (χ2v) is 15.8. The number of aromatic nitrogens is 4. The molecule has 0 spiro atoms. The fourth-order valence-corrected chi connectivity index (χ4v) is 7.64. The molecule has 0 aliphatic carbocycles. The van der Waals surface area contributed by atoms with Crippen molar-refractivity contribution >= 4 is 80.6 Å². The Morgan fingerprint density at radius 1 is 0.708 bits per heavy atom. The molecule has 14 heteroatoms. The Balaban J connectivity index is 0.000000330. The third-order valence-corrected chi connectivity index (χ3v) is 10.8. The quantitative estimate of drug-likeness (QED) is 0.0184. The van der Waals surface area contributed by atoms with Crippen LogP contribution >= 0.6 is 23.2 Å². The van der Waals surface area contributed by atoms with Gasteiger partial charge in [0.1, 0.15) is 11.6 Å². The van der Waals surface area contributed by atoms with Gasteiger partial charge in [-0.15, -0.1) is 23.2 Å². The number of benzene rings is 4. The van der Waals surface area contributed by atoms with E-state index in [1.165, 1.54) is 23.4 Å². The van der Waals surface area contributed by atoms with Crippen LogP contribution in [0.4, 0.5) is 11.4 Å². The molecule has 0 aliphatic rings. The number of hydrogen-bond donors (Lipinski definition) is 4. The fourth-order valence-electron chi connectivity index (χ4n) is 7.23. The van der Waals surface area contributed by atoms with Crippen molar-refractivity contribution in [3.05, 3.63) is 131 Å². The number of fused-ring (bicyclic) bond motifs is 2. The van der Waals surface area contributed by atoms with Gasteiger partial charge in [-0.1, -0.05) is 83.7 Å². The topological polar surface area (TPSA) is 147 Å². The summed E-state index contributed by atoms with van der Waals surface area (Å²) >= 11 is 11.9. The molecule has 0 radical (unpaired) electrons. The summed E-state index contributed by atoms with van der Waals surface area (Å²) in [6.07, 6.45) is 9.86. The maximum absolute atomic E-state index is 11.0. The van der Waals surface area contributed by atoms with Gasteiger partial charge in [-0.3, -0.25) is 14.8 Å². The number of alkyl halides is 2. The molecule has 2 aromatic heterocycles. The Bertz CT molecular complexity index is 2410. The highest BCUT2D eigenvalue weighted by Gasteiger charge is 2.13. The predicted octanol–water partition coefficient (Wildman–Crippen LogP) is 9.66. The average Bonchev–Trinajstić information content (AvgIpc) is 3.80. The second kappa shape index (κ2) is 28.3. The van der Waals surface area contributed by atoms with Crippen molar-refractivity contribution in [2.45, 2.75) is 67.3 Å². The number of nitrogens with zero attached hydrogens (tertiary/aromatic N) is 6. The van der Waals surface area contributed by atoms with Gasteiger partial charge in [0.2, 0.25) is 5.91 Å². The Morgan fingerprint density at radius 3 is 1.68 bits per heavy atom. The van der Waals surface area contributed by atoms with Gasteiger partial charge in [0.25, 0.3) is 5.91 Å². The lowest BCUT2D eigenvalue weighted by atomic mass is 10.1. The lowest BCUT2D eigenvalue weighted by Gasteiger charge is -2.23. The lowest BCUT2D eigenvalue weighted by molar-refractivity contribution is -0.124. The van der Waals surface area contributed by atoms with Gasteiger partial charge in [-0.05, 0) is 83.6 Å². The Labute approximate surface area is 396 Å². The summed E-state index contributed by atoms with van der Waals surface area (Å²) in [5, 5.41) is 12.0. The molecule has 5 N–H and O–H groups in total. The normalized spacial score (nSPS) is 11.0. The average molecular weight is 927 g/mol. The second-order valence-electron chi connectivity index (χ2n) is 15.0. The van der Waals surface area contributed by atoms with Gasteiger partial charge in [0, 0.05) is 101 Å². The van der Waals surface area contributed by atoms with Gasteiger partial charge in [-0.2, -0.15) is 0 Å². The smallest absolute Gasteiger partial charge is 0.267 e. The van der Waals surface area contributed by atoms with Crippen LogP contribution in [0.2, 0.25) is 0 Å². The van der Waals surface area contributed by atoms with E-state index in [0.717, 1.165) is 121 Å². The maximum atomic E-state index is 11.0. The minimum absolute atomic E-state index is 0. The number of anilines is 2. The third-order valence-electron chi connectivity index (χ3n) is 10.5. The number of primary amides is 1. The number of aryl methyl sites for hydroxylation is 2. The first kappa shape index (κ1) is 53.7. The zero-order chi connectivity index (χ0) is 46.4. The van der Waals surface area contributed by atoms with Crippen LogP contribution in [-0.2, 0) is 43.1 Å². The van der Waals surface area contributed by atoms with E-state index in [2.05, 4.69) is 93.7 Å². The first-order valence-electron chi connectivity index (χ1n) is 22.1. The number of nitrogens with one attached hydrogen (secondary N) is 2. The zero-order valence-electron chi connectivity index (χ0n) is 38.2. The van der Waals surface area contributed by atoms with Crippen LogP contribution < -0.4 is 26.3 Å². The number of carbonyl (C=O) groups excluding carboxylic acids is 2. The first-order chi connectivity index (χ1) is 31.1. The molecule has 4 aromatic carbocycles. The van der Waals surface area contributed by atoms with E-state index in [1.807, 2.05) is 57.3 Å². The molecule has 12 nitrogen and oxygen atoms in total. The molecule has 0 saturated heterocycles. The Hall–Kier alpha value is -5.66. The number of carbonyl (C=O) groups is 2. The molecule has 65 heavy (non-hydrogen) atoms. The number of nitrogens with two attached hydrogens (primary N) is 1. The molecule has 0 aliphatic heterocycles. The van der Waals surface area contributed by atoms with Crippen molar-refractivity contribution in [1.29, 1.82) is 0 Å². The van der Waals surface area contributed by atoms with Crippen LogP contribution in [-0.4, -0.2) is 80.6 Å². The van der Waals surface area contributed by atoms with Crippen LogP contribution in [0, 0.1) is 0 Å². The monoisotopic (exact) mass is 925 g/mol. The van der Waals surface area contributed by atoms with Gasteiger partial charge < -0.3 is 30.0 Å². The zero-order valence-corrected chi connectivity index (χ0v) is 39.7. The van der Waals surface area contributed by atoms with Crippen molar-refractivity contribution in [3.63, 3.8) is 0 Å². The van der Waals surface area contributed by atoms with Gasteiger partial charge in [-0.25, -0.2) is 15.4 Å². The Kier molecular flexibility index (Phi) is 23.4. The summed E-state index contributed by atoms with van der Waals surface area (Å²) in [5.74, 6) is 2.17. The molecule has 2 heterocycles. The highest BCUT2D eigenvalue weighted by molar-refractivity contribution is 6.18. The minimum Gasteiger partial charge on any atom is -0.371 e. The fraction of sp³-hybridized carbons (Fsp3) is 0.373. The summed E-state index contributed by atoms with van der Waals surface area (Å²) in [4.78, 5) is 36.3. The molecule has 0 saturated carbocycles. The highest BCUT2D eigenvalue weighted by atomic mass is 35.5. The number of rotatable bonds is 21. The summed E-state index contributed by atoms with van der Waals surface area (Å²) in [7, 11) is 4.12. The summed E-state index contributed by atoms with van der Waals surface area (Å²) in [6, 6.07) is 28.9. The van der Waals surface area contributed by atoms with Gasteiger partial charge in [0.05, 0.1) is 22.1 Å². The predicted molar refractivity (Wildman–Crippen MR) is 274 cm³/mol. The SMILES string of the molecule is C.CC.CCCN(CCC)c1ccc2c(c1)nc(Cc1ccc(/C=C/C(N)=O)cc1)n2C.Cn1c(CCNCc2ccc(/C=C/C(=O)NO)cc2)nc2cc(N(CCCl)CCCl)ccc21. The van der Waals surface area contributed by atoms with E-state index in [0.29, 0.717) is 11.8 Å². The van der Waals surface area contributed by atoms with Crippen LogP contribution in [0.15, 0.2) is 97.1 Å². The molecule has 0 atom stereocenters. The number of hydroxylamine groups is 1. The summed E-state index contributed by atoms with van der Waals surface area (Å²) in [5.41, 5.74) is 17.5. The van der Waals surface area contributed by atoms with Gasteiger partial charge >= 0.3 is 0 Å². The highest BCUT2D eigenvalue weighted by Crippen LogP contribution is 2.25. The molecule has 350 valence electrons. The molecular formula is C51H69Cl2N9O3. The number of imidazole rings is 2. The third kappa shape index (κ3) is 16.1. The van der Waals surface area contributed by atoms with Crippen LogP contribution in [0.5, 0.6) is 0 Å². The standard InChI is InChI=1S/C24H29Cl2N5O2.C24H30N4O.C2H6.CH4/c1-30-22-8-7-20(31(14-11-25)15-12-26)16-21(22)28-23(30)10-13-27-17-19-4-2-18(3-5-19)6-9-24(32)29-33;1-4-14-28(15-5-2)20-11-12-22-21(17-20)26-24(27(22)3)16-19-8-6-18(7-9-19)10-13-23(25)29;1-2;/h2-9,16,27,33H,10-15,17H2,1H3,(H,29,32);6-13,17H,4-5,14-16H2,1-3H3,(H2,25,29);1-2H3;1H4/b9-6+;13-10+;;. The largest absolute Gasteiger partial charge is 0.371 e. The lowest BCUT2D eigenvalue weighted by Crippen LogP contribution is -2.27. The van der Waals surface area contributed by atoms with Crippen molar-refractivity contribution in [2.75, 3.05) is 54.3 Å². The maximum Gasteiger partial charge on any atom is 0.267 e. The van der Waals surface area contributed by atoms with E-state index in [4.69, 9.17) is 44.1 Å². The van der Waals surface area contributed by atoms with Crippen molar-refractivity contribution in [1.82, 2.24) is 29.9 Å². The van der Waals surface area contributed by atoms with Crippen molar-refractivity contribution in [2.24, 2.45) is 19.8 Å². The van der Waals surface area contributed by atoms with E-state index in [-0.39, 0.29) is 7.43 Å². The van der Waals surface area contributed by atoms with E-state index < -0.39 is 11.8 Å². The molecule has 6 aromatic rings. The van der Waals surface area contributed by atoms with E-state index >= 15 is 0 Å². The summed E-state index contributed by atoms with van der Waals surface area (Å²) < 4.78 is 4.31. The molecule has 0 unspecified atom stereocenters. The molecule has 2 amide bonds. The van der Waals surface area contributed by atoms with E-state index in [9.17, 15) is 9.59 Å². The van der Waals surface area contributed by atoms with Gasteiger partial charge in [0.15, 0.2) is 0 Å². The minimum atomic E-state index is -0.554. The van der Waals surface area contributed by atoms with Crippen molar-refractivity contribution < 1.29 is 14.8 Å². The van der Waals surface area contributed by atoms with E-state index in [1.54, 1.807) is 17.6 Å². The molecular weight excluding hydrogens is 858 g/mol. The number of hydrogen-bond acceptors (Lipinski definition) is 8. The molecule has 0 fully saturated rings. The van der Waals surface area contributed by atoms with Crippen molar-refractivity contribution in [3.8, 4) is 0 Å². The van der Waals surface area contributed by atoms with Crippen LogP contribution in [0.25, 0.3) is 34.2 Å².